The first kappa shape index (κ1) is 15.6. The largest absolute Gasteiger partial charge is 0.345 e. The third kappa shape index (κ3) is 2.83. The number of hydrogen-bond acceptors (Lipinski definition) is 2. The molecule has 1 aromatic carbocycles. The number of aromatic nitrogens is 1. The molecule has 2 aromatic rings. The number of likely N-dealkylation sites (tertiary alicyclic amines) is 1. The summed E-state index contributed by atoms with van der Waals surface area (Å²) in [5.74, 6) is -0.0648. The summed E-state index contributed by atoms with van der Waals surface area (Å²) in [6.07, 6.45) is 1.39. The maximum Gasteiger partial charge on any atom is 0.246 e. The van der Waals surface area contributed by atoms with Gasteiger partial charge in [0.25, 0.3) is 0 Å². The molecule has 0 radical (unpaired) electrons. The molecule has 1 saturated heterocycles. The second-order valence-corrected chi connectivity index (χ2v) is 6.16. The summed E-state index contributed by atoms with van der Waals surface area (Å²) in [5.41, 5.74) is 3.15. The molecule has 1 unspecified atom stereocenters. The molecule has 1 fully saturated rings. The van der Waals surface area contributed by atoms with Crippen LogP contribution in [0.3, 0.4) is 0 Å². The lowest BCUT2D eigenvalue weighted by Crippen LogP contribution is -2.42. The number of carbonyl (C=O) groups excluding carboxylic acids is 2. The van der Waals surface area contributed by atoms with E-state index in [1.165, 1.54) is 11.2 Å². The van der Waals surface area contributed by atoms with E-state index in [0.717, 1.165) is 24.0 Å². The average molecular weight is 313 g/mol. The Balaban J connectivity index is 1.78. The van der Waals surface area contributed by atoms with Gasteiger partial charge in [-0.2, -0.15) is 0 Å². The highest BCUT2D eigenvalue weighted by Crippen LogP contribution is 2.24. The smallest absolute Gasteiger partial charge is 0.246 e. The van der Waals surface area contributed by atoms with E-state index in [1.807, 2.05) is 18.2 Å². The van der Waals surface area contributed by atoms with E-state index in [2.05, 4.69) is 29.8 Å². The van der Waals surface area contributed by atoms with Crippen LogP contribution in [0.1, 0.15) is 32.4 Å². The molecular weight excluding hydrogens is 290 g/mol. The number of benzene rings is 1. The van der Waals surface area contributed by atoms with Crippen molar-refractivity contribution < 1.29 is 9.59 Å². The second-order valence-electron chi connectivity index (χ2n) is 6.16. The van der Waals surface area contributed by atoms with Crippen molar-refractivity contribution in [3.63, 3.8) is 0 Å². The molecule has 5 nitrogen and oxygen atoms in total. The van der Waals surface area contributed by atoms with Crippen LogP contribution in [0.2, 0.25) is 0 Å². The molecule has 1 aromatic heterocycles. The van der Waals surface area contributed by atoms with Crippen molar-refractivity contribution in [2.24, 2.45) is 0 Å². The summed E-state index contributed by atoms with van der Waals surface area (Å²) >= 11 is 0. The van der Waals surface area contributed by atoms with Gasteiger partial charge < -0.3 is 14.8 Å². The summed E-state index contributed by atoms with van der Waals surface area (Å²) < 4.78 is 2.24. The fourth-order valence-corrected chi connectivity index (χ4v) is 3.37. The molecule has 0 aliphatic carbocycles. The molecule has 3 rings (SSSR count). The van der Waals surface area contributed by atoms with Crippen molar-refractivity contribution >= 4 is 28.4 Å². The van der Waals surface area contributed by atoms with E-state index in [1.54, 1.807) is 11.8 Å². The zero-order valence-electron chi connectivity index (χ0n) is 13.9. The Hall–Kier alpha value is -2.30. The molecule has 2 amide bonds. The Kier molecular flexibility index (Phi) is 4.11. The van der Waals surface area contributed by atoms with Crippen LogP contribution < -0.4 is 5.32 Å². The quantitative estimate of drug-likeness (QED) is 0.943. The Morgan fingerprint density at radius 2 is 2.13 bits per heavy atom. The number of nitrogens with zero attached hydrogens (tertiary/aromatic N) is 2. The monoisotopic (exact) mass is 313 g/mol. The molecule has 23 heavy (non-hydrogen) atoms. The first-order chi connectivity index (χ1) is 11.0. The van der Waals surface area contributed by atoms with E-state index in [0.29, 0.717) is 13.0 Å². The number of nitrogens with one attached hydrogen (secondary N) is 1. The van der Waals surface area contributed by atoms with Crippen LogP contribution in [0.5, 0.6) is 0 Å². The number of rotatable bonds is 4. The van der Waals surface area contributed by atoms with Crippen molar-refractivity contribution in [1.29, 1.82) is 0 Å². The second kappa shape index (κ2) is 6.07. The van der Waals surface area contributed by atoms with Crippen LogP contribution in [-0.2, 0) is 16.1 Å². The van der Waals surface area contributed by atoms with Gasteiger partial charge in [0.2, 0.25) is 11.8 Å². The lowest BCUT2D eigenvalue weighted by Gasteiger charge is -2.23. The Morgan fingerprint density at radius 3 is 2.78 bits per heavy atom. The highest BCUT2D eigenvalue weighted by molar-refractivity contribution is 5.98. The summed E-state index contributed by atoms with van der Waals surface area (Å²) in [4.78, 5) is 25.8. The first-order valence-electron chi connectivity index (χ1n) is 8.21. The normalized spacial score (nSPS) is 16.1. The van der Waals surface area contributed by atoms with Gasteiger partial charge in [0.05, 0.1) is 0 Å². The molecule has 0 bridgehead atoms. The van der Waals surface area contributed by atoms with E-state index < -0.39 is 6.04 Å². The fraction of sp³-hybridized carbons (Fsp3) is 0.444. The number of carbonyl (C=O) groups is 2. The van der Waals surface area contributed by atoms with Crippen LogP contribution >= 0.6 is 0 Å². The highest BCUT2D eigenvalue weighted by atomic mass is 16.2. The predicted octanol–water partition coefficient (Wildman–Crippen LogP) is 2.92. The zero-order chi connectivity index (χ0) is 16.6. The fourth-order valence-electron chi connectivity index (χ4n) is 3.37. The summed E-state index contributed by atoms with van der Waals surface area (Å²) in [5, 5.41) is 4.05. The third-order valence-corrected chi connectivity index (χ3v) is 4.65. The minimum Gasteiger partial charge on any atom is -0.345 e. The SMILES string of the molecule is CCn1c(C)cc2cc(NC(=O)C(C)N3CCCC3=O)ccc21. The molecule has 1 N–H and O–H groups in total. The highest BCUT2D eigenvalue weighted by Gasteiger charge is 2.29. The molecule has 0 spiro atoms. The lowest BCUT2D eigenvalue weighted by atomic mass is 10.2. The first-order valence-corrected chi connectivity index (χ1v) is 8.21. The Morgan fingerprint density at radius 1 is 1.35 bits per heavy atom. The maximum atomic E-state index is 12.4. The Labute approximate surface area is 136 Å². The molecule has 2 heterocycles. The standard InChI is InChI=1S/C18H23N3O2/c1-4-20-12(2)10-14-11-15(7-8-16(14)20)19-18(23)13(3)21-9-5-6-17(21)22/h7-8,10-11,13H,4-6,9H2,1-3H3,(H,19,23). The van der Waals surface area contributed by atoms with Crippen molar-refractivity contribution in [2.45, 2.75) is 46.2 Å². The minimum absolute atomic E-state index is 0.0683. The molecule has 0 saturated carbocycles. The number of aryl methyl sites for hydroxylation is 2. The van der Waals surface area contributed by atoms with E-state index in [9.17, 15) is 9.59 Å². The van der Waals surface area contributed by atoms with E-state index in [4.69, 9.17) is 0 Å². The van der Waals surface area contributed by atoms with Crippen molar-refractivity contribution in [1.82, 2.24) is 9.47 Å². The summed E-state index contributed by atoms with van der Waals surface area (Å²) in [6, 6.07) is 7.65. The molecule has 1 aliphatic rings. The Bertz CT molecular complexity index is 763. The van der Waals surface area contributed by atoms with Gasteiger partial charge in [-0.25, -0.2) is 0 Å². The van der Waals surface area contributed by atoms with Crippen molar-refractivity contribution in [3.05, 3.63) is 30.0 Å². The average Bonchev–Trinajstić information content (AvgIpc) is 3.08. The summed E-state index contributed by atoms with van der Waals surface area (Å²) in [7, 11) is 0. The predicted molar refractivity (Wildman–Crippen MR) is 91.4 cm³/mol. The number of fused-ring (bicyclic) bond motifs is 1. The number of anilines is 1. The van der Waals surface area contributed by atoms with Gasteiger partial charge in [-0.15, -0.1) is 0 Å². The number of hydrogen-bond donors (Lipinski definition) is 1. The molecule has 5 heteroatoms. The zero-order valence-corrected chi connectivity index (χ0v) is 13.9. The van der Waals surface area contributed by atoms with Gasteiger partial charge in [-0.3, -0.25) is 9.59 Å². The van der Waals surface area contributed by atoms with Crippen LogP contribution in [0.25, 0.3) is 10.9 Å². The summed E-state index contributed by atoms with van der Waals surface area (Å²) in [6.45, 7) is 7.59. The minimum atomic E-state index is -0.428. The molecule has 122 valence electrons. The maximum absolute atomic E-state index is 12.4. The van der Waals surface area contributed by atoms with Gasteiger partial charge in [0, 0.05) is 41.8 Å². The third-order valence-electron chi connectivity index (χ3n) is 4.65. The molecule has 1 aliphatic heterocycles. The van der Waals surface area contributed by atoms with Gasteiger partial charge in [-0.05, 0) is 51.5 Å². The van der Waals surface area contributed by atoms with Crippen molar-refractivity contribution in [2.75, 3.05) is 11.9 Å². The van der Waals surface area contributed by atoms with Crippen LogP contribution in [0, 0.1) is 6.92 Å². The van der Waals surface area contributed by atoms with Crippen molar-refractivity contribution in [3.8, 4) is 0 Å². The van der Waals surface area contributed by atoms with E-state index in [-0.39, 0.29) is 11.8 Å². The molecule has 1 atom stereocenters. The van der Waals surface area contributed by atoms with Gasteiger partial charge in [-0.1, -0.05) is 0 Å². The van der Waals surface area contributed by atoms with Gasteiger partial charge >= 0.3 is 0 Å². The van der Waals surface area contributed by atoms with E-state index >= 15 is 0 Å². The molecular formula is C18H23N3O2. The van der Waals surface area contributed by atoms with Crippen LogP contribution in [0.4, 0.5) is 5.69 Å². The van der Waals surface area contributed by atoms with Crippen LogP contribution in [-0.4, -0.2) is 33.9 Å². The van der Waals surface area contributed by atoms with Gasteiger partial charge in [0.1, 0.15) is 6.04 Å². The number of amides is 2. The van der Waals surface area contributed by atoms with Gasteiger partial charge in [0.15, 0.2) is 0 Å². The van der Waals surface area contributed by atoms with Crippen LogP contribution in [0.15, 0.2) is 24.3 Å². The topological polar surface area (TPSA) is 54.3 Å². The lowest BCUT2D eigenvalue weighted by molar-refractivity contribution is -0.134.